The molecule has 0 aromatic heterocycles. The van der Waals surface area contributed by atoms with Crippen LogP contribution in [0.25, 0.3) is 21.5 Å². The fraction of sp³-hybridized carbons (Fsp3) is 0.417. The first-order valence-electron chi connectivity index (χ1n) is 9.95. The lowest BCUT2D eigenvalue weighted by Gasteiger charge is -2.33. The van der Waals surface area contributed by atoms with E-state index >= 15 is 0 Å². The maximum absolute atomic E-state index is 5.67. The molecule has 2 aliphatic rings. The van der Waals surface area contributed by atoms with Crippen molar-refractivity contribution in [1.29, 1.82) is 0 Å². The second-order valence-corrected chi connectivity index (χ2v) is 8.16. The first-order valence-corrected chi connectivity index (χ1v) is 9.95. The van der Waals surface area contributed by atoms with E-state index in [1.807, 2.05) is 0 Å². The molecule has 0 aliphatic carbocycles. The van der Waals surface area contributed by atoms with Crippen molar-refractivity contribution in [3.63, 3.8) is 0 Å². The van der Waals surface area contributed by atoms with Crippen LogP contribution in [-0.4, -0.2) is 31.7 Å². The van der Waals surface area contributed by atoms with E-state index in [4.69, 9.17) is 9.47 Å². The molecule has 0 bridgehead atoms. The molecule has 1 saturated heterocycles. The highest BCUT2D eigenvalue weighted by Gasteiger charge is 2.32. The van der Waals surface area contributed by atoms with Gasteiger partial charge in [-0.2, -0.15) is 0 Å². The minimum atomic E-state index is 0.692. The fourth-order valence-corrected chi connectivity index (χ4v) is 5.27. The molecule has 3 aromatic carbocycles. The second kappa shape index (κ2) is 6.13. The van der Waals surface area contributed by atoms with E-state index in [2.05, 4.69) is 43.0 Å². The summed E-state index contributed by atoms with van der Waals surface area (Å²) in [5.41, 5.74) is 5.39. The lowest BCUT2D eigenvalue weighted by Crippen LogP contribution is -2.35. The molecule has 1 atom stereocenters. The van der Waals surface area contributed by atoms with Crippen LogP contribution in [0.2, 0.25) is 0 Å². The van der Waals surface area contributed by atoms with Crippen molar-refractivity contribution >= 4 is 21.5 Å². The Bertz CT molecular complexity index is 985. The Morgan fingerprint density at radius 2 is 1.41 bits per heavy atom. The molecule has 0 unspecified atom stereocenters. The van der Waals surface area contributed by atoms with Gasteiger partial charge in [0.1, 0.15) is 11.5 Å². The van der Waals surface area contributed by atoms with Crippen LogP contribution >= 0.6 is 0 Å². The number of aryl methyl sites for hydroxylation is 2. The van der Waals surface area contributed by atoms with Crippen LogP contribution in [0, 0.1) is 13.8 Å². The molecule has 0 N–H and O–H groups in total. The molecule has 3 nitrogen and oxygen atoms in total. The molecule has 140 valence electrons. The van der Waals surface area contributed by atoms with E-state index in [0.717, 1.165) is 24.5 Å². The average molecular weight is 361 g/mol. The van der Waals surface area contributed by atoms with Crippen molar-refractivity contribution < 1.29 is 9.47 Å². The number of benzene rings is 3. The van der Waals surface area contributed by atoms with Gasteiger partial charge in [0.15, 0.2) is 0 Å². The van der Waals surface area contributed by atoms with Gasteiger partial charge in [0.2, 0.25) is 0 Å². The number of hydrogen-bond acceptors (Lipinski definition) is 3. The molecular formula is C24H27NO2. The number of methoxy groups -OCH3 is 2. The monoisotopic (exact) mass is 361 g/mol. The van der Waals surface area contributed by atoms with Crippen LogP contribution < -0.4 is 9.47 Å². The van der Waals surface area contributed by atoms with Gasteiger partial charge in [-0.05, 0) is 108 Å². The minimum absolute atomic E-state index is 0.692. The molecule has 0 saturated carbocycles. The highest BCUT2D eigenvalue weighted by molar-refractivity contribution is 6.12. The Hall–Kier alpha value is -2.26. The van der Waals surface area contributed by atoms with Gasteiger partial charge in [0.25, 0.3) is 0 Å². The van der Waals surface area contributed by atoms with Gasteiger partial charge in [-0.15, -0.1) is 0 Å². The predicted octanol–water partition coefficient (Wildman–Crippen LogP) is 5.15. The zero-order valence-electron chi connectivity index (χ0n) is 16.7. The first kappa shape index (κ1) is 16.9. The van der Waals surface area contributed by atoms with Crippen LogP contribution in [0.3, 0.4) is 0 Å². The summed E-state index contributed by atoms with van der Waals surface area (Å²) < 4.78 is 11.3. The SMILES string of the molecule is COc1cc2c3c(c4cc(OC)c(C)cc4c2cc1C)CN1CCC[C@H]1C3. The number of ether oxygens (including phenoxy) is 2. The second-order valence-electron chi connectivity index (χ2n) is 8.16. The smallest absolute Gasteiger partial charge is 0.122 e. The summed E-state index contributed by atoms with van der Waals surface area (Å²) in [7, 11) is 3.54. The number of hydrogen-bond donors (Lipinski definition) is 0. The molecule has 5 rings (SSSR count). The van der Waals surface area contributed by atoms with Crippen LogP contribution in [0.1, 0.15) is 35.1 Å². The Kier molecular flexibility index (Phi) is 3.83. The highest BCUT2D eigenvalue weighted by Crippen LogP contribution is 2.43. The van der Waals surface area contributed by atoms with Crippen molar-refractivity contribution in [1.82, 2.24) is 4.90 Å². The third kappa shape index (κ3) is 2.45. The highest BCUT2D eigenvalue weighted by atomic mass is 16.5. The van der Waals surface area contributed by atoms with Gasteiger partial charge in [0.05, 0.1) is 14.2 Å². The van der Waals surface area contributed by atoms with Gasteiger partial charge in [-0.25, -0.2) is 0 Å². The predicted molar refractivity (Wildman–Crippen MR) is 111 cm³/mol. The summed E-state index contributed by atoms with van der Waals surface area (Å²) in [6, 6.07) is 9.84. The first-order chi connectivity index (χ1) is 13.1. The molecule has 1 fully saturated rings. The molecule has 2 aliphatic heterocycles. The van der Waals surface area contributed by atoms with Crippen molar-refractivity contribution in [2.45, 2.75) is 45.7 Å². The van der Waals surface area contributed by atoms with Gasteiger partial charge in [-0.1, -0.05) is 0 Å². The zero-order chi connectivity index (χ0) is 18.7. The van der Waals surface area contributed by atoms with Crippen molar-refractivity contribution in [2.75, 3.05) is 20.8 Å². The maximum atomic E-state index is 5.67. The minimum Gasteiger partial charge on any atom is -0.496 e. The van der Waals surface area contributed by atoms with E-state index in [1.54, 1.807) is 14.2 Å². The van der Waals surface area contributed by atoms with E-state index in [-0.39, 0.29) is 0 Å². The van der Waals surface area contributed by atoms with E-state index in [9.17, 15) is 0 Å². The molecule has 2 heterocycles. The summed E-state index contributed by atoms with van der Waals surface area (Å²) in [6.07, 6.45) is 3.78. The molecule has 3 aromatic rings. The van der Waals surface area contributed by atoms with Gasteiger partial charge in [0, 0.05) is 12.6 Å². The normalized spacial score (nSPS) is 19.3. The molecule has 27 heavy (non-hydrogen) atoms. The summed E-state index contributed by atoms with van der Waals surface area (Å²) in [4.78, 5) is 2.67. The fourth-order valence-electron chi connectivity index (χ4n) is 5.27. The van der Waals surface area contributed by atoms with Crippen molar-refractivity contribution in [2.24, 2.45) is 0 Å². The van der Waals surface area contributed by atoms with Crippen LogP contribution in [0.4, 0.5) is 0 Å². The topological polar surface area (TPSA) is 21.7 Å². The van der Waals surface area contributed by atoms with Crippen LogP contribution in [0.5, 0.6) is 11.5 Å². The number of fused-ring (bicyclic) bond motifs is 7. The summed E-state index contributed by atoms with van der Waals surface area (Å²) in [5.74, 6) is 1.97. The lowest BCUT2D eigenvalue weighted by atomic mass is 9.84. The largest absolute Gasteiger partial charge is 0.496 e. The van der Waals surface area contributed by atoms with E-state index < -0.39 is 0 Å². The Balaban J connectivity index is 1.91. The summed E-state index contributed by atoms with van der Waals surface area (Å²) >= 11 is 0. The van der Waals surface area contributed by atoms with Crippen molar-refractivity contribution in [3.05, 3.63) is 46.5 Å². The average Bonchev–Trinajstić information content (AvgIpc) is 3.13. The lowest BCUT2D eigenvalue weighted by molar-refractivity contribution is 0.229. The van der Waals surface area contributed by atoms with Crippen LogP contribution in [-0.2, 0) is 13.0 Å². The Labute approximate surface area is 160 Å². The van der Waals surface area contributed by atoms with E-state index in [1.165, 1.54) is 63.2 Å². The van der Waals surface area contributed by atoms with Crippen LogP contribution in [0.15, 0.2) is 24.3 Å². The summed E-state index contributed by atoms with van der Waals surface area (Å²) in [6.45, 7) is 6.55. The van der Waals surface area contributed by atoms with E-state index in [0.29, 0.717) is 6.04 Å². The third-order valence-corrected chi connectivity index (χ3v) is 6.67. The molecule has 0 amide bonds. The van der Waals surface area contributed by atoms with Gasteiger partial charge >= 0.3 is 0 Å². The third-order valence-electron chi connectivity index (χ3n) is 6.67. The quantitative estimate of drug-likeness (QED) is 0.589. The number of nitrogens with zero attached hydrogens (tertiary/aromatic N) is 1. The standard InChI is InChI=1S/C24H27NO2/c1-14-8-17-18-9-15(2)24(27-4)12-21(18)22-13-25-7-5-6-16(25)10-19(22)20(17)11-23(14)26-3/h8-9,11-12,16H,5-7,10,13H2,1-4H3/t16-/m0/s1. The molecule has 0 radical (unpaired) electrons. The summed E-state index contributed by atoms with van der Waals surface area (Å²) in [5, 5.41) is 5.41. The zero-order valence-corrected chi connectivity index (χ0v) is 16.7. The Morgan fingerprint density at radius 1 is 0.815 bits per heavy atom. The van der Waals surface area contributed by atoms with Gasteiger partial charge in [-0.3, -0.25) is 4.90 Å². The molecule has 0 spiro atoms. The Morgan fingerprint density at radius 3 is 2.00 bits per heavy atom. The number of rotatable bonds is 2. The molecule has 3 heteroatoms. The van der Waals surface area contributed by atoms with Gasteiger partial charge < -0.3 is 9.47 Å². The molecular weight excluding hydrogens is 334 g/mol. The maximum Gasteiger partial charge on any atom is 0.122 e. The van der Waals surface area contributed by atoms with Crippen molar-refractivity contribution in [3.8, 4) is 11.5 Å².